The van der Waals surface area contributed by atoms with Crippen LogP contribution >= 0.6 is 34.8 Å². The molecule has 200 valence electrons. The summed E-state index contributed by atoms with van der Waals surface area (Å²) in [5, 5.41) is 4.26. The van der Waals surface area contributed by atoms with Crippen molar-refractivity contribution in [2.75, 3.05) is 18.4 Å². The van der Waals surface area contributed by atoms with Crippen LogP contribution in [0.2, 0.25) is 15.1 Å². The Bertz CT molecular complexity index is 1540. The number of benzene rings is 3. The average Bonchev–Trinajstić information content (AvgIpc) is 3.62. The van der Waals surface area contributed by atoms with Gasteiger partial charge in [0.2, 0.25) is 11.9 Å². The molecule has 1 fully saturated rings. The van der Waals surface area contributed by atoms with E-state index in [0.717, 1.165) is 35.2 Å². The van der Waals surface area contributed by atoms with E-state index in [1.54, 1.807) is 29.2 Å². The maximum absolute atomic E-state index is 13.4. The third-order valence-corrected chi connectivity index (χ3v) is 7.62. The van der Waals surface area contributed by atoms with Gasteiger partial charge in [0.25, 0.3) is 5.91 Å². The van der Waals surface area contributed by atoms with Crippen LogP contribution in [0.25, 0.3) is 16.9 Å². The van der Waals surface area contributed by atoms with E-state index in [0.29, 0.717) is 39.7 Å². The molecule has 0 saturated heterocycles. The number of aryl methyl sites for hydroxylation is 2. The van der Waals surface area contributed by atoms with Gasteiger partial charge in [-0.25, -0.2) is 4.98 Å². The molecule has 1 N–H and O–H groups in total. The summed E-state index contributed by atoms with van der Waals surface area (Å²) in [6, 6.07) is 18.2. The molecular formula is C30H27Cl3N4O2. The molecule has 1 aromatic heterocycles. The van der Waals surface area contributed by atoms with Gasteiger partial charge in [0.05, 0.1) is 16.3 Å². The second kappa shape index (κ2) is 11.4. The molecule has 0 bridgehead atoms. The summed E-state index contributed by atoms with van der Waals surface area (Å²) in [6.07, 6.45) is 3.94. The second-order valence-electron chi connectivity index (χ2n) is 9.90. The van der Waals surface area contributed by atoms with Crippen molar-refractivity contribution in [1.29, 1.82) is 0 Å². The molecule has 0 unspecified atom stereocenters. The number of amides is 2. The third kappa shape index (κ3) is 6.47. The molecule has 9 heteroatoms. The fraction of sp³-hybridized carbons (Fsp3) is 0.233. The fourth-order valence-electron chi connectivity index (χ4n) is 4.30. The zero-order valence-electron chi connectivity index (χ0n) is 21.5. The highest BCUT2D eigenvalue weighted by atomic mass is 35.5. The summed E-state index contributed by atoms with van der Waals surface area (Å²) in [5.74, 6) is 0.0731. The summed E-state index contributed by atoms with van der Waals surface area (Å²) in [7, 11) is 0. The molecule has 5 rings (SSSR count). The van der Waals surface area contributed by atoms with Gasteiger partial charge in [-0.3, -0.25) is 19.5 Å². The number of hydrogen-bond acceptors (Lipinski definition) is 3. The Morgan fingerprint density at radius 3 is 2.33 bits per heavy atom. The maximum Gasteiger partial charge on any atom is 0.255 e. The van der Waals surface area contributed by atoms with Crippen molar-refractivity contribution >= 4 is 52.6 Å². The van der Waals surface area contributed by atoms with Crippen LogP contribution in [0, 0.1) is 19.8 Å². The molecular weight excluding hydrogens is 555 g/mol. The van der Waals surface area contributed by atoms with E-state index in [4.69, 9.17) is 39.8 Å². The minimum absolute atomic E-state index is 0.135. The van der Waals surface area contributed by atoms with Crippen LogP contribution in [0.1, 0.15) is 34.3 Å². The van der Waals surface area contributed by atoms with Gasteiger partial charge in [0.1, 0.15) is 6.54 Å². The Labute approximate surface area is 242 Å². The minimum Gasteiger partial charge on any atom is -0.329 e. The first-order valence-electron chi connectivity index (χ1n) is 12.6. The van der Waals surface area contributed by atoms with Crippen molar-refractivity contribution in [2.45, 2.75) is 26.7 Å². The predicted octanol–water partition coefficient (Wildman–Crippen LogP) is 7.61. The van der Waals surface area contributed by atoms with Gasteiger partial charge in [-0.2, -0.15) is 0 Å². The molecule has 4 aromatic rings. The zero-order chi connectivity index (χ0) is 27.7. The zero-order valence-corrected chi connectivity index (χ0v) is 23.8. The standard InChI is InChI=1S/C30H27Cl3N4O2/c1-18-3-11-24(13-19(18)2)37-16-27(21-6-8-22(31)9-7-21)34-30(37)35-28(38)17-36(15-20-4-5-20)29(39)25-12-10-23(32)14-26(25)33/h3,6-14,16,20H,4-5,15,17H2,1-2H3,(H,34,35,38). The van der Waals surface area contributed by atoms with Crippen molar-refractivity contribution in [1.82, 2.24) is 14.5 Å². The second-order valence-corrected chi connectivity index (χ2v) is 11.2. The van der Waals surface area contributed by atoms with E-state index in [1.807, 2.05) is 54.9 Å². The first-order chi connectivity index (χ1) is 18.7. The summed E-state index contributed by atoms with van der Waals surface area (Å²) >= 11 is 18.4. The van der Waals surface area contributed by atoms with Crippen molar-refractivity contribution < 1.29 is 9.59 Å². The first kappa shape index (κ1) is 27.3. The summed E-state index contributed by atoms with van der Waals surface area (Å²) in [5.41, 5.74) is 5.00. The van der Waals surface area contributed by atoms with Gasteiger partial charge in [-0.1, -0.05) is 53.0 Å². The van der Waals surface area contributed by atoms with Crippen LogP contribution in [-0.4, -0.2) is 39.4 Å². The van der Waals surface area contributed by atoms with Gasteiger partial charge < -0.3 is 4.90 Å². The van der Waals surface area contributed by atoms with Crippen molar-refractivity contribution in [3.8, 4) is 16.9 Å². The lowest BCUT2D eigenvalue weighted by Crippen LogP contribution is -2.39. The van der Waals surface area contributed by atoms with Gasteiger partial charge in [-0.15, -0.1) is 0 Å². The van der Waals surface area contributed by atoms with E-state index in [9.17, 15) is 9.59 Å². The molecule has 2 amide bonds. The Morgan fingerprint density at radius 2 is 1.67 bits per heavy atom. The van der Waals surface area contributed by atoms with Gasteiger partial charge in [0.15, 0.2) is 0 Å². The lowest BCUT2D eigenvalue weighted by atomic mass is 10.1. The third-order valence-electron chi connectivity index (χ3n) is 6.82. The Morgan fingerprint density at radius 1 is 0.949 bits per heavy atom. The number of aromatic nitrogens is 2. The number of nitrogens with zero attached hydrogens (tertiary/aromatic N) is 3. The number of hydrogen-bond donors (Lipinski definition) is 1. The van der Waals surface area contributed by atoms with E-state index in [2.05, 4.69) is 5.32 Å². The Kier molecular flexibility index (Phi) is 7.98. The van der Waals surface area contributed by atoms with E-state index >= 15 is 0 Å². The molecule has 1 saturated carbocycles. The predicted molar refractivity (Wildman–Crippen MR) is 157 cm³/mol. The molecule has 0 aliphatic heterocycles. The van der Waals surface area contributed by atoms with Crippen LogP contribution in [-0.2, 0) is 4.79 Å². The highest BCUT2D eigenvalue weighted by Crippen LogP contribution is 2.31. The van der Waals surface area contributed by atoms with Crippen molar-refractivity contribution in [3.05, 3.63) is 98.6 Å². The van der Waals surface area contributed by atoms with Crippen molar-refractivity contribution in [3.63, 3.8) is 0 Å². The largest absolute Gasteiger partial charge is 0.329 e. The Hall–Kier alpha value is -3.32. The SMILES string of the molecule is Cc1ccc(-n2cc(-c3ccc(Cl)cc3)nc2NC(=O)CN(CC2CC2)C(=O)c2ccc(Cl)cc2Cl)cc1C. The molecule has 0 atom stereocenters. The first-order valence-corrected chi connectivity index (χ1v) is 13.8. The van der Waals surface area contributed by atoms with Gasteiger partial charge in [0, 0.05) is 34.0 Å². The number of nitrogens with one attached hydrogen (secondary N) is 1. The van der Waals surface area contributed by atoms with E-state index < -0.39 is 0 Å². The van der Waals surface area contributed by atoms with Crippen LogP contribution in [0.4, 0.5) is 5.95 Å². The summed E-state index contributed by atoms with van der Waals surface area (Å²) < 4.78 is 1.84. The molecule has 1 aliphatic rings. The normalized spacial score (nSPS) is 12.8. The molecule has 1 aliphatic carbocycles. The fourth-order valence-corrected chi connectivity index (χ4v) is 4.92. The summed E-state index contributed by atoms with van der Waals surface area (Å²) in [4.78, 5) is 33.0. The van der Waals surface area contributed by atoms with Gasteiger partial charge in [-0.05, 0) is 86.2 Å². The summed E-state index contributed by atoms with van der Waals surface area (Å²) in [6.45, 7) is 4.43. The van der Waals surface area contributed by atoms with E-state index in [-0.39, 0.29) is 23.4 Å². The molecule has 0 spiro atoms. The molecule has 3 aromatic carbocycles. The quantitative estimate of drug-likeness (QED) is 0.233. The monoisotopic (exact) mass is 580 g/mol. The highest BCUT2D eigenvalue weighted by molar-refractivity contribution is 6.36. The number of rotatable bonds is 8. The number of anilines is 1. The number of halogens is 3. The maximum atomic E-state index is 13.4. The number of imidazole rings is 1. The van der Waals surface area contributed by atoms with Crippen molar-refractivity contribution in [2.24, 2.45) is 5.92 Å². The minimum atomic E-state index is -0.354. The number of carbonyl (C=O) groups excluding carboxylic acids is 2. The van der Waals surface area contributed by atoms with Crippen LogP contribution < -0.4 is 5.32 Å². The van der Waals surface area contributed by atoms with Gasteiger partial charge >= 0.3 is 0 Å². The Balaban J connectivity index is 1.43. The van der Waals surface area contributed by atoms with E-state index in [1.165, 1.54) is 6.07 Å². The lowest BCUT2D eigenvalue weighted by molar-refractivity contribution is -0.117. The lowest BCUT2D eigenvalue weighted by Gasteiger charge is -2.23. The average molecular weight is 582 g/mol. The van der Waals surface area contributed by atoms with Crippen LogP contribution in [0.15, 0.2) is 66.9 Å². The smallest absolute Gasteiger partial charge is 0.255 e. The van der Waals surface area contributed by atoms with Crippen LogP contribution in [0.5, 0.6) is 0 Å². The highest BCUT2D eigenvalue weighted by Gasteiger charge is 2.30. The molecule has 1 heterocycles. The molecule has 39 heavy (non-hydrogen) atoms. The number of carbonyl (C=O) groups is 2. The molecule has 0 radical (unpaired) electrons. The molecule has 6 nitrogen and oxygen atoms in total. The van der Waals surface area contributed by atoms with Crippen LogP contribution in [0.3, 0.4) is 0 Å². The topological polar surface area (TPSA) is 67.2 Å².